The van der Waals surface area contributed by atoms with Gasteiger partial charge in [-0.3, -0.25) is 14.4 Å². The molecular formula is C10H18N4O3. The van der Waals surface area contributed by atoms with Crippen molar-refractivity contribution in [1.29, 1.82) is 0 Å². The fourth-order valence-electron chi connectivity index (χ4n) is 1.66. The molecule has 1 aliphatic heterocycles. The van der Waals surface area contributed by atoms with Crippen LogP contribution >= 0.6 is 0 Å². The van der Waals surface area contributed by atoms with E-state index in [1.165, 1.54) is 0 Å². The van der Waals surface area contributed by atoms with E-state index in [1.807, 2.05) is 0 Å². The van der Waals surface area contributed by atoms with Crippen LogP contribution in [-0.4, -0.2) is 55.3 Å². The van der Waals surface area contributed by atoms with Crippen molar-refractivity contribution in [2.45, 2.75) is 18.9 Å². The second-order valence-electron chi connectivity index (χ2n) is 4.06. The molecule has 17 heavy (non-hydrogen) atoms. The molecule has 0 aromatic rings. The maximum absolute atomic E-state index is 11.4. The fraction of sp³-hybridized carbons (Fsp3) is 0.700. The summed E-state index contributed by atoms with van der Waals surface area (Å²) in [6, 6.07) is -0.0417. The number of nitrogens with two attached hydrogens (primary N) is 1. The molecule has 1 aliphatic rings. The van der Waals surface area contributed by atoms with Gasteiger partial charge in [0.15, 0.2) is 0 Å². The quantitative estimate of drug-likeness (QED) is 0.520. The number of amides is 3. The van der Waals surface area contributed by atoms with E-state index in [9.17, 15) is 14.4 Å². The molecule has 0 spiro atoms. The number of likely N-dealkylation sites (tertiary alicyclic amines) is 1. The smallest absolute Gasteiger partial charge is 0.239 e. The Morgan fingerprint density at radius 1 is 1.47 bits per heavy atom. The third kappa shape index (κ3) is 4.39. The van der Waals surface area contributed by atoms with Gasteiger partial charge in [-0.05, 0) is 6.42 Å². The van der Waals surface area contributed by atoms with Crippen LogP contribution in [0.4, 0.5) is 0 Å². The molecule has 96 valence electrons. The Kier molecular flexibility index (Phi) is 4.89. The third-order valence-electron chi connectivity index (χ3n) is 2.62. The van der Waals surface area contributed by atoms with Gasteiger partial charge >= 0.3 is 0 Å². The lowest BCUT2D eigenvalue weighted by Gasteiger charge is -2.30. The van der Waals surface area contributed by atoms with E-state index in [-0.39, 0.29) is 36.9 Å². The first-order valence-electron chi connectivity index (χ1n) is 5.53. The Balaban J connectivity index is 2.27. The lowest BCUT2D eigenvalue weighted by molar-refractivity contribution is -0.133. The molecule has 0 aromatic heterocycles. The maximum Gasteiger partial charge on any atom is 0.239 e. The van der Waals surface area contributed by atoms with E-state index < -0.39 is 0 Å². The van der Waals surface area contributed by atoms with Gasteiger partial charge < -0.3 is 21.3 Å². The molecule has 0 aromatic carbocycles. The van der Waals surface area contributed by atoms with Gasteiger partial charge in [-0.2, -0.15) is 0 Å². The van der Waals surface area contributed by atoms with Crippen LogP contribution in [0, 0.1) is 0 Å². The van der Waals surface area contributed by atoms with Gasteiger partial charge in [0.25, 0.3) is 0 Å². The standard InChI is InChI=1S/C10H18N4O3/c1-14-6-7(2-3-10(14)17)13-9(16)5-12-8(15)4-11/h7H,2-6,11H2,1H3,(H,12,15)(H,13,16). The summed E-state index contributed by atoms with van der Waals surface area (Å²) in [5.74, 6) is -0.539. The molecule has 0 bridgehead atoms. The average Bonchev–Trinajstić information content (AvgIpc) is 2.31. The first-order valence-corrected chi connectivity index (χ1v) is 5.53. The number of rotatable bonds is 4. The number of carbonyl (C=O) groups is 3. The third-order valence-corrected chi connectivity index (χ3v) is 2.62. The summed E-state index contributed by atoms with van der Waals surface area (Å²) >= 11 is 0. The molecule has 1 fully saturated rings. The molecule has 1 unspecified atom stereocenters. The van der Waals surface area contributed by atoms with Crippen molar-refractivity contribution in [3.05, 3.63) is 0 Å². The van der Waals surface area contributed by atoms with Gasteiger partial charge in [-0.1, -0.05) is 0 Å². The van der Waals surface area contributed by atoms with Crippen LogP contribution in [-0.2, 0) is 14.4 Å². The summed E-state index contributed by atoms with van der Waals surface area (Å²) in [5, 5.41) is 5.15. The minimum atomic E-state index is -0.365. The lowest BCUT2D eigenvalue weighted by Crippen LogP contribution is -2.50. The number of piperidine rings is 1. The molecule has 1 heterocycles. The topological polar surface area (TPSA) is 105 Å². The van der Waals surface area contributed by atoms with Crippen LogP contribution in [0.3, 0.4) is 0 Å². The molecule has 0 radical (unpaired) electrons. The summed E-state index contributed by atoms with van der Waals surface area (Å²) in [7, 11) is 1.71. The summed E-state index contributed by atoms with van der Waals surface area (Å²) in [6.07, 6.45) is 1.08. The molecular weight excluding hydrogens is 224 g/mol. The summed E-state index contributed by atoms with van der Waals surface area (Å²) in [4.78, 5) is 35.1. The highest BCUT2D eigenvalue weighted by atomic mass is 16.2. The van der Waals surface area contributed by atoms with Crippen LogP contribution < -0.4 is 16.4 Å². The maximum atomic E-state index is 11.4. The van der Waals surface area contributed by atoms with Gasteiger partial charge in [0, 0.05) is 26.1 Å². The van der Waals surface area contributed by atoms with E-state index in [4.69, 9.17) is 5.73 Å². The molecule has 0 aliphatic carbocycles. The number of hydrogen-bond donors (Lipinski definition) is 3. The van der Waals surface area contributed by atoms with Crippen molar-refractivity contribution >= 4 is 17.7 Å². The predicted octanol–water partition coefficient (Wildman–Crippen LogP) is -2.20. The van der Waals surface area contributed by atoms with E-state index in [0.29, 0.717) is 19.4 Å². The predicted molar refractivity (Wildman–Crippen MR) is 60.9 cm³/mol. The van der Waals surface area contributed by atoms with Crippen molar-refractivity contribution in [2.24, 2.45) is 5.73 Å². The molecule has 7 heteroatoms. The zero-order valence-electron chi connectivity index (χ0n) is 9.86. The zero-order chi connectivity index (χ0) is 12.8. The SMILES string of the molecule is CN1CC(NC(=O)CNC(=O)CN)CCC1=O. The molecule has 1 saturated heterocycles. The Morgan fingerprint density at radius 3 is 2.76 bits per heavy atom. The highest BCUT2D eigenvalue weighted by Gasteiger charge is 2.23. The first-order chi connectivity index (χ1) is 8.02. The zero-order valence-corrected chi connectivity index (χ0v) is 9.86. The van der Waals surface area contributed by atoms with E-state index in [1.54, 1.807) is 11.9 Å². The number of nitrogens with one attached hydrogen (secondary N) is 2. The number of likely N-dealkylation sites (N-methyl/N-ethyl adjacent to an activating group) is 1. The fourth-order valence-corrected chi connectivity index (χ4v) is 1.66. The van der Waals surface area contributed by atoms with E-state index >= 15 is 0 Å². The average molecular weight is 242 g/mol. The summed E-state index contributed by atoms with van der Waals surface area (Å²) in [6.45, 7) is 0.299. The van der Waals surface area contributed by atoms with Crippen LogP contribution in [0.2, 0.25) is 0 Å². The Bertz CT molecular complexity index is 319. The molecule has 0 saturated carbocycles. The van der Waals surface area contributed by atoms with Gasteiger partial charge in [-0.15, -0.1) is 0 Å². The summed E-state index contributed by atoms with van der Waals surface area (Å²) in [5.41, 5.74) is 5.09. The van der Waals surface area contributed by atoms with Crippen molar-refractivity contribution in [1.82, 2.24) is 15.5 Å². The molecule has 3 amide bonds. The van der Waals surface area contributed by atoms with Crippen molar-refractivity contribution in [3.63, 3.8) is 0 Å². The van der Waals surface area contributed by atoms with Crippen LogP contribution in [0.1, 0.15) is 12.8 Å². The van der Waals surface area contributed by atoms with E-state index in [0.717, 1.165) is 0 Å². The van der Waals surface area contributed by atoms with Crippen LogP contribution in [0.15, 0.2) is 0 Å². The normalized spacial score (nSPS) is 20.0. The minimum Gasteiger partial charge on any atom is -0.350 e. The van der Waals surface area contributed by atoms with Gasteiger partial charge in [-0.25, -0.2) is 0 Å². The second-order valence-corrected chi connectivity index (χ2v) is 4.06. The Labute approximate surface area is 99.7 Å². The van der Waals surface area contributed by atoms with Crippen molar-refractivity contribution < 1.29 is 14.4 Å². The molecule has 1 atom stereocenters. The van der Waals surface area contributed by atoms with Crippen molar-refractivity contribution in [3.8, 4) is 0 Å². The highest BCUT2D eigenvalue weighted by Crippen LogP contribution is 2.09. The van der Waals surface area contributed by atoms with Gasteiger partial charge in [0.05, 0.1) is 13.1 Å². The summed E-state index contributed by atoms with van der Waals surface area (Å²) < 4.78 is 0. The van der Waals surface area contributed by atoms with Crippen LogP contribution in [0.5, 0.6) is 0 Å². The van der Waals surface area contributed by atoms with E-state index in [2.05, 4.69) is 10.6 Å². The highest BCUT2D eigenvalue weighted by molar-refractivity contribution is 5.85. The Morgan fingerprint density at radius 2 is 2.18 bits per heavy atom. The van der Waals surface area contributed by atoms with Crippen molar-refractivity contribution in [2.75, 3.05) is 26.7 Å². The number of carbonyl (C=O) groups excluding carboxylic acids is 3. The number of hydrogen-bond acceptors (Lipinski definition) is 4. The minimum absolute atomic E-state index is 0.0417. The van der Waals surface area contributed by atoms with Gasteiger partial charge in [0.2, 0.25) is 17.7 Å². The monoisotopic (exact) mass is 242 g/mol. The van der Waals surface area contributed by atoms with Crippen LogP contribution in [0.25, 0.3) is 0 Å². The second kappa shape index (κ2) is 6.19. The first kappa shape index (κ1) is 13.4. The molecule has 4 N–H and O–H groups in total. The largest absolute Gasteiger partial charge is 0.350 e. The van der Waals surface area contributed by atoms with Gasteiger partial charge in [0.1, 0.15) is 0 Å². The molecule has 7 nitrogen and oxygen atoms in total. The number of nitrogens with zero attached hydrogens (tertiary/aromatic N) is 1. The Hall–Kier alpha value is -1.63. The molecule has 1 rings (SSSR count). The lowest BCUT2D eigenvalue weighted by atomic mass is 10.1.